The van der Waals surface area contributed by atoms with Crippen molar-refractivity contribution in [3.63, 3.8) is 0 Å². The summed E-state index contributed by atoms with van der Waals surface area (Å²) in [4.78, 5) is 33.0. The molecule has 0 radical (unpaired) electrons. The second-order valence-electron chi connectivity index (χ2n) is 4.91. The zero-order valence-corrected chi connectivity index (χ0v) is 12.5. The van der Waals surface area contributed by atoms with E-state index in [4.69, 9.17) is 14.6 Å². The van der Waals surface area contributed by atoms with Gasteiger partial charge in [-0.3, -0.25) is 9.59 Å². The van der Waals surface area contributed by atoms with E-state index >= 15 is 0 Å². The molecule has 0 aromatic rings. The summed E-state index contributed by atoms with van der Waals surface area (Å²) in [5.74, 6) is -2.90. The van der Waals surface area contributed by atoms with Crippen LogP contribution >= 0.6 is 0 Å². The Morgan fingerprint density at radius 2 is 1.70 bits per heavy atom. The highest BCUT2D eigenvalue weighted by Gasteiger charge is 2.47. The van der Waals surface area contributed by atoms with Crippen molar-refractivity contribution in [1.82, 2.24) is 0 Å². The molecule has 1 heterocycles. The first-order valence-corrected chi connectivity index (χ1v) is 7.05. The van der Waals surface area contributed by atoms with Gasteiger partial charge < -0.3 is 34.6 Å². The van der Waals surface area contributed by atoms with Crippen LogP contribution in [0.3, 0.4) is 0 Å². The summed E-state index contributed by atoms with van der Waals surface area (Å²) < 4.78 is 14.4. The predicted octanol–water partition coefficient (Wildman–Crippen LogP) is -1.84. The number of esters is 2. The highest BCUT2D eigenvalue weighted by atomic mass is 16.7. The summed E-state index contributed by atoms with van der Waals surface area (Å²) in [6.07, 6.45) is -8.33. The van der Waals surface area contributed by atoms with E-state index in [-0.39, 0.29) is 25.9 Å². The molecular formula is C13H20O10. The Hall–Kier alpha value is -1.59. The standard InChI is InChI=1S/C13H20O10/c1-2-6(14)22-7(15)4-3-5-21-13-10(18)8(16)9(17)11(23-13)12(19)20/h8-11,13,16-18H,2-5H2,1H3,(H,19,20)/t8-,9-,10+,11-,13?/m0/s1. The maximum Gasteiger partial charge on any atom is 0.335 e. The number of aliphatic hydroxyl groups is 3. The smallest absolute Gasteiger partial charge is 0.335 e. The first-order chi connectivity index (χ1) is 10.8. The third-order valence-corrected chi connectivity index (χ3v) is 3.14. The maximum absolute atomic E-state index is 11.2. The van der Waals surface area contributed by atoms with E-state index in [1.54, 1.807) is 6.92 Å². The minimum Gasteiger partial charge on any atom is -0.479 e. The highest BCUT2D eigenvalue weighted by Crippen LogP contribution is 2.22. The van der Waals surface area contributed by atoms with Crippen LogP contribution in [0.2, 0.25) is 0 Å². The van der Waals surface area contributed by atoms with Crippen LogP contribution in [0.4, 0.5) is 0 Å². The van der Waals surface area contributed by atoms with E-state index in [1.165, 1.54) is 0 Å². The topological polar surface area (TPSA) is 160 Å². The first-order valence-electron chi connectivity index (χ1n) is 7.05. The van der Waals surface area contributed by atoms with E-state index in [1.807, 2.05) is 0 Å². The molecule has 1 saturated heterocycles. The van der Waals surface area contributed by atoms with Gasteiger partial charge >= 0.3 is 17.9 Å². The van der Waals surface area contributed by atoms with Gasteiger partial charge in [0.1, 0.15) is 18.3 Å². The molecule has 0 bridgehead atoms. The molecule has 4 N–H and O–H groups in total. The van der Waals surface area contributed by atoms with Crippen LogP contribution < -0.4 is 0 Å². The van der Waals surface area contributed by atoms with Gasteiger partial charge in [0.25, 0.3) is 0 Å². The largest absolute Gasteiger partial charge is 0.479 e. The molecule has 0 aromatic carbocycles. The van der Waals surface area contributed by atoms with Gasteiger partial charge in [-0.2, -0.15) is 0 Å². The fourth-order valence-corrected chi connectivity index (χ4v) is 1.86. The molecule has 0 aromatic heterocycles. The average molecular weight is 336 g/mol. The van der Waals surface area contributed by atoms with Crippen LogP contribution in [0.1, 0.15) is 26.2 Å². The van der Waals surface area contributed by atoms with Gasteiger partial charge in [0.15, 0.2) is 12.4 Å². The monoisotopic (exact) mass is 336 g/mol. The molecule has 10 heteroatoms. The van der Waals surface area contributed by atoms with Crippen molar-refractivity contribution in [3.05, 3.63) is 0 Å². The number of hydrogen-bond donors (Lipinski definition) is 4. The molecule has 0 saturated carbocycles. The lowest BCUT2D eigenvalue weighted by Gasteiger charge is -2.38. The SMILES string of the molecule is CCC(=O)OC(=O)CCCOC1O[C@H](C(=O)O)[C@@H](O)[C@H](O)[C@H]1O. The maximum atomic E-state index is 11.2. The normalized spacial score (nSPS) is 30.7. The van der Waals surface area contributed by atoms with Crippen molar-refractivity contribution in [2.75, 3.05) is 6.61 Å². The zero-order valence-electron chi connectivity index (χ0n) is 12.5. The van der Waals surface area contributed by atoms with Crippen LogP contribution in [0, 0.1) is 0 Å². The molecule has 1 aliphatic rings. The molecular weight excluding hydrogens is 316 g/mol. The van der Waals surface area contributed by atoms with Gasteiger partial charge in [-0.05, 0) is 6.42 Å². The number of rotatable bonds is 7. The Kier molecular flexibility index (Phi) is 7.52. The van der Waals surface area contributed by atoms with E-state index < -0.39 is 48.6 Å². The molecule has 1 unspecified atom stereocenters. The molecule has 0 aliphatic carbocycles. The van der Waals surface area contributed by atoms with Crippen molar-refractivity contribution >= 4 is 17.9 Å². The fourth-order valence-electron chi connectivity index (χ4n) is 1.86. The van der Waals surface area contributed by atoms with Gasteiger partial charge in [-0.15, -0.1) is 0 Å². The minimum absolute atomic E-state index is 0.0706. The molecule has 0 spiro atoms. The van der Waals surface area contributed by atoms with Crippen molar-refractivity contribution in [1.29, 1.82) is 0 Å². The Morgan fingerprint density at radius 1 is 1.04 bits per heavy atom. The Bertz CT molecular complexity index is 436. The number of hydrogen-bond acceptors (Lipinski definition) is 9. The van der Waals surface area contributed by atoms with Crippen molar-refractivity contribution in [2.45, 2.75) is 56.9 Å². The van der Waals surface area contributed by atoms with Crippen LogP contribution in [0.25, 0.3) is 0 Å². The lowest BCUT2D eigenvalue weighted by atomic mass is 9.99. The zero-order chi connectivity index (χ0) is 17.6. The Morgan fingerprint density at radius 3 is 2.26 bits per heavy atom. The fraction of sp³-hybridized carbons (Fsp3) is 0.769. The van der Waals surface area contributed by atoms with Crippen LogP contribution in [-0.4, -0.2) is 75.6 Å². The van der Waals surface area contributed by atoms with Crippen molar-refractivity contribution in [3.8, 4) is 0 Å². The molecule has 132 valence electrons. The number of carbonyl (C=O) groups excluding carboxylic acids is 2. The van der Waals surface area contributed by atoms with Crippen molar-refractivity contribution in [2.24, 2.45) is 0 Å². The van der Waals surface area contributed by atoms with Crippen molar-refractivity contribution < 1.29 is 49.0 Å². The summed E-state index contributed by atoms with van der Waals surface area (Å²) in [6.45, 7) is 1.42. The second-order valence-corrected chi connectivity index (χ2v) is 4.91. The Balaban J connectivity index is 2.40. The van der Waals surface area contributed by atoms with E-state index in [0.717, 1.165) is 0 Å². The number of carbonyl (C=O) groups is 3. The van der Waals surface area contributed by atoms with E-state index in [9.17, 15) is 29.7 Å². The molecule has 10 nitrogen and oxygen atoms in total. The van der Waals surface area contributed by atoms with Gasteiger partial charge in [0, 0.05) is 12.8 Å². The van der Waals surface area contributed by atoms with E-state index in [2.05, 4.69) is 4.74 Å². The summed E-state index contributed by atoms with van der Waals surface area (Å²) >= 11 is 0. The number of aliphatic carboxylic acids is 1. The third kappa shape index (κ3) is 5.52. The third-order valence-electron chi connectivity index (χ3n) is 3.14. The number of carboxylic acid groups (broad SMARTS) is 1. The lowest BCUT2D eigenvalue weighted by Crippen LogP contribution is -2.60. The second kappa shape index (κ2) is 8.89. The highest BCUT2D eigenvalue weighted by molar-refractivity contribution is 5.85. The van der Waals surface area contributed by atoms with Gasteiger partial charge in [0.2, 0.25) is 0 Å². The molecule has 5 atom stereocenters. The number of aliphatic hydroxyl groups excluding tert-OH is 3. The predicted molar refractivity (Wildman–Crippen MR) is 70.9 cm³/mol. The number of ether oxygens (including phenoxy) is 3. The summed E-state index contributed by atoms with van der Waals surface area (Å²) in [5, 5.41) is 37.6. The lowest BCUT2D eigenvalue weighted by molar-refractivity contribution is -0.294. The van der Waals surface area contributed by atoms with Gasteiger partial charge in [0.05, 0.1) is 6.61 Å². The molecule has 1 rings (SSSR count). The molecule has 23 heavy (non-hydrogen) atoms. The van der Waals surface area contributed by atoms with Crippen LogP contribution in [-0.2, 0) is 28.6 Å². The van der Waals surface area contributed by atoms with Crippen LogP contribution in [0.15, 0.2) is 0 Å². The molecule has 1 fully saturated rings. The first kappa shape index (κ1) is 19.5. The minimum atomic E-state index is -1.79. The summed E-state index contributed by atoms with van der Waals surface area (Å²) in [5.41, 5.74) is 0. The van der Waals surface area contributed by atoms with Gasteiger partial charge in [-0.25, -0.2) is 4.79 Å². The molecule has 1 aliphatic heterocycles. The van der Waals surface area contributed by atoms with Gasteiger partial charge in [-0.1, -0.05) is 6.92 Å². The summed E-state index contributed by atoms with van der Waals surface area (Å²) in [7, 11) is 0. The quantitative estimate of drug-likeness (QED) is 0.236. The molecule has 0 amide bonds. The summed E-state index contributed by atoms with van der Waals surface area (Å²) in [6, 6.07) is 0. The van der Waals surface area contributed by atoms with Crippen LogP contribution in [0.5, 0.6) is 0 Å². The van der Waals surface area contributed by atoms with E-state index in [0.29, 0.717) is 0 Å². The average Bonchev–Trinajstić information content (AvgIpc) is 2.50. The Labute approximate surface area is 131 Å². The number of carboxylic acids is 1.